The van der Waals surface area contributed by atoms with Crippen LogP contribution in [-0.4, -0.2) is 19.0 Å². The molecule has 1 amide bonds. The standard InChI is InChI=1S/C8H18N2O/c1-2-3-4-5-6-10-7-8(9)11/h10H,2-7H2,1H3,(H2,9,11). The summed E-state index contributed by atoms with van der Waals surface area (Å²) in [5.74, 6) is -0.277. The first-order chi connectivity index (χ1) is 5.27. The van der Waals surface area contributed by atoms with E-state index in [1.807, 2.05) is 0 Å². The van der Waals surface area contributed by atoms with Crippen LogP contribution < -0.4 is 11.1 Å². The summed E-state index contributed by atoms with van der Waals surface area (Å²) in [6.07, 6.45) is 4.90. The van der Waals surface area contributed by atoms with Gasteiger partial charge in [-0.2, -0.15) is 0 Å². The molecule has 0 saturated heterocycles. The Bertz CT molecular complexity index is 104. The Morgan fingerprint density at radius 2 is 2.09 bits per heavy atom. The topological polar surface area (TPSA) is 55.1 Å². The van der Waals surface area contributed by atoms with Crippen molar-refractivity contribution < 1.29 is 4.79 Å². The first kappa shape index (κ1) is 10.4. The van der Waals surface area contributed by atoms with E-state index in [-0.39, 0.29) is 5.91 Å². The van der Waals surface area contributed by atoms with Gasteiger partial charge in [-0.15, -0.1) is 0 Å². The molecule has 0 aliphatic carbocycles. The molecule has 0 atom stereocenters. The molecular weight excluding hydrogens is 140 g/mol. The molecule has 0 aromatic heterocycles. The van der Waals surface area contributed by atoms with Crippen LogP contribution in [0.3, 0.4) is 0 Å². The van der Waals surface area contributed by atoms with E-state index >= 15 is 0 Å². The van der Waals surface area contributed by atoms with E-state index in [4.69, 9.17) is 5.73 Å². The second-order valence-electron chi connectivity index (χ2n) is 2.70. The summed E-state index contributed by atoms with van der Waals surface area (Å²) in [4.78, 5) is 10.2. The van der Waals surface area contributed by atoms with Crippen molar-refractivity contribution >= 4 is 5.91 Å². The van der Waals surface area contributed by atoms with Crippen LogP contribution in [-0.2, 0) is 4.79 Å². The summed E-state index contributed by atoms with van der Waals surface area (Å²) in [6.45, 7) is 3.39. The van der Waals surface area contributed by atoms with E-state index in [0.717, 1.165) is 13.0 Å². The summed E-state index contributed by atoms with van der Waals surface area (Å²) in [5, 5.41) is 2.97. The van der Waals surface area contributed by atoms with Crippen molar-refractivity contribution in [2.24, 2.45) is 5.73 Å². The Morgan fingerprint density at radius 1 is 1.36 bits per heavy atom. The average molecular weight is 158 g/mol. The minimum absolute atomic E-state index is 0.277. The van der Waals surface area contributed by atoms with Crippen molar-refractivity contribution in [3.05, 3.63) is 0 Å². The smallest absolute Gasteiger partial charge is 0.231 e. The lowest BCUT2D eigenvalue weighted by molar-refractivity contribution is -0.117. The SMILES string of the molecule is CCCCCCNCC(N)=O. The van der Waals surface area contributed by atoms with E-state index in [1.54, 1.807) is 0 Å². The molecule has 3 nitrogen and oxygen atoms in total. The third kappa shape index (κ3) is 9.43. The highest BCUT2D eigenvalue weighted by molar-refractivity contribution is 5.75. The number of nitrogens with two attached hydrogens (primary N) is 1. The summed E-state index contributed by atoms with van der Waals surface area (Å²) in [7, 11) is 0. The molecular formula is C8H18N2O. The van der Waals surface area contributed by atoms with Crippen LogP contribution in [0.25, 0.3) is 0 Å². The maximum atomic E-state index is 10.2. The molecule has 0 aromatic rings. The molecule has 0 heterocycles. The monoisotopic (exact) mass is 158 g/mol. The Morgan fingerprint density at radius 3 is 2.64 bits per heavy atom. The second kappa shape index (κ2) is 7.54. The minimum atomic E-state index is -0.277. The highest BCUT2D eigenvalue weighted by Gasteiger charge is 1.91. The molecule has 0 radical (unpaired) electrons. The Kier molecular flexibility index (Phi) is 7.15. The normalized spacial score (nSPS) is 9.91. The number of carbonyl (C=O) groups excluding carboxylic acids is 1. The van der Waals surface area contributed by atoms with Crippen LogP contribution >= 0.6 is 0 Å². The number of primary amides is 1. The summed E-state index contributed by atoms with van der Waals surface area (Å²) in [5.41, 5.74) is 4.93. The first-order valence-electron chi connectivity index (χ1n) is 4.26. The van der Waals surface area contributed by atoms with Crippen LogP contribution in [0.2, 0.25) is 0 Å². The Balaban J connectivity index is 2.85. The molecule has 0 fully saturated rings. The number of hydrogen-bond acceptors (Lipinski definition) is 2. The molecule has 0 saturated carbocycles. The zero-order chi connectivity index (χ0) is 8.53. The van der Waals surface area contributed by atoms with Crippen molar-refractivity contribution in [1.82, 2.24) is 5.32 Å². The third-order valence-electron chi connectivity index (χ3n) is 1.51. The maximum Gasteiger partial charge on any atom is 0.231 e. The predicted octanol–water partition coefficient (Wildman–Crippen LogP) is 0.642. The van der Waals surface area contributed by atoms with Gasteiger partial charge in [0, 0.05) is 0 Å². The summed E-state index contributed by atoms with van der Waals surface area (Å²) < 4.78 is 0. The molecule has 0 bridgehead atoms. The van der Waals surface area contributed by atoms with Gasteiger partial charge in [0.2, 0.25) is 5.91 Å². The average Bonchev–Trinajstić information content (AvgIpc) is 1.96. The van der Waals surface area contributed by atoms with Crippen LogP contribution in [0.15, 0.2) is 0 Å². The van der Waals surface area contributed by atoms with Crippen LogP contribution in [0.5, 0.6) is 0 Å². The van der Waals surface area contributed by atoms with Gasteiger partial charge in [-0.1, -0.05) is 26.2 Å². The van der Waals surface area contributed by atoms with Gasteiger partial charge >= 0.3 is 0 Å². The van der Waals surface area contributed by atoms with Crippen molar-refractivity contribution in [3.63, 3.8) is 0 Å². The number of hydrogen-bond donors (Lipinski definition) is 2. The fourth-order valence-electron chi connectivity index (χ4n) is 0.888. The van der Waals surface area contributed by atoms with E-state index in [2.05, 4.69) is 12.2 Å². The van der Waals surface area contributed by atoms with E-state index in [1.165, 1.54) is 19.3 Å². The lowest BCUT2D eigenvalue weighted by atomic mass is 10.2. The van der Waals surface area contributed by atoms with Crippen molar-refractivity contribution in [2.75, 3.05) is 13.1 Å². The highest BCUT2D eigenvalue weighted by Crippen LogP contribution is 1.96. The number of nitrogens with one attached hydrogen (secondary N) is 1. The van der Waals surface area contributed by atoms with Gasteiger partial charge in [0.15, 0.2) is 0 Å². The molecule has 11 heavy (non-hydrogen) atoms. The zero-order valence-corrected chi connectivity index (χ0v) is 7.23. The van der Waals surface area contributed by atoms with Crippen LogP contribution in [0.4, 0.5) is 0 Å². The Labute approximate surface area is 68.3 Å². The van der Waals surface area contributed by atoms with Gasteiger partial charge in [0.1, 0.15) is 0 Å². The van der Waals surface area contributed by atoms with Gasteiger partial charge in [-0.05, 0) is 13.0 Å². The number of amides is 1. The molecule has 0 aliphatic rings. The largest absolute Gasteiger partial charge is 0.369 e. The molecule has 3 N–H and O–H groups in total. The zero-order valence-electron chi connectivity index (χ0n) is 7.23. The van der Waals surface area contributed by atoms with Gasteiger partial charge in [-0.3, -0.25) is 4.79 Å². The summed E-state index contributed by atoms with van der Waals surface area (Å²) in [6, 6.07) is 0. The van der Waals surface area contributed by atoms with Crippen molar-refractivity contribution in [3.8, 4) is 0 Å². The maximum absolute atomic E-state index is 10.2. The van der Waals surface area contributed by atoms with Crippen LogP contribution in [0, 0.1) is 0 Å². The number of rotatable bonds is 7. The molecule has 0 spiro atoms. The lowest BCUT2D eigenvalue weighted by Crippen LogP contribution is -2.29. The van der Waals surface area contributed by atoms with Crippen molar-refractivity contribution in [2.45, 2.75) is 32.6 Å². The fraction of sp³-hybridized carbons (Fsp3) is 0.875. The lowest BCUT2D eigenvalue weighted by Gasteiger charge is -2.00. The fourth-order valence-corrected chi connectivity index (χ4v) is 0.888. The minimum Gasteiger partial charge on any atom is -0.369 e. The number of unbranched alkanes of at least 4 members (excludes halogenated alkanes) is 3. The number of carbonyl (C=O) groups is 1. The Hall–Kier alpha value is -0.570. The second-order valence-corrected chi connectivity index (χ2v) is 2.70. The van der Waals surface area contributed by atoms with E-state index < -0.39 is 0 Å². The predicted molar refractivity (Wildman–Crippen MR) is 46.2 cm³/mol. The molecule has 0 aromatic carbocycles. The van der Waals surface area contributed by atoms with Crippen LogP contribution in [0.1, 0.15) is 32.6 Å². The quantitative estimate of drug-likeness (QED) is 0.534. The molecule has 0 aliphatic heterocycles. The third-order valence-corrected chi connectivity index (χ3v) is 1.51. The van der Waals surface area contributed by atoms with Crippen molar-refractivity contribution in [1.29, 1.82) is 0 Å². The molecule has 0 unspecified atom stereocenters. The molecule has 3 heteroatoms. The van der Waals surface area contributed by atoms with Gasteiger partial charge < -0.3 is 11.1 Å². The summed E-state index contributed by atoms with van der Waals surface area (Å²) >= 11 is 0. The van der Waals surface area contributed by atoms with E-state index in [9.17, 15) is 4.79 Å². The van der Waals surface area contributed by atoms with Gasteiger partial charge in [0.25, 0.3) is 0 Å². The molecule has 0 rings (SSSR count). The molecule has 66 valence electrons. The van der Waals surface area contributed by atoms with E-state index in [0.29, 0.717) is 6.54 Å². The van der Waals surface area contributed by atoms with Gasteiger partial charge in [0.05, 0.1) is 6.54 Å². The first-order valence-corrected chi connectivity index (χ1v) is 4.26. The van der Waals surface area contributed by atoms with Gasteiger partial charge in [-0.25, -0.2) is 0 Å². The highest BCUT2D eigenvalue weighted by atomic mass is 16.1.